The van der Waals surface area contributed by atoms with E-state index in [0.717, 1.165) is 40.7 Å². The van der Waals surface area contributed by atoms with Crippen LogP contribution >= 0.6 is 11.3 Å². The summed E-state index contributed by atoms with van der Waals surface area (Å²) in [5.74, 6) is 0.793. The minimum atomic E-state index is -0.324. The van der Waals surface area contributed by atoms with Crippen LogP contribution in [0.3, 0.4) is 0 Å². The number of imidazole rings is 1. The van der Waals surface area contributed by atoms with Crippen LogP contribution in [0.15, 0.2) is 12.4 Å². The summed E-state index contributed by atoms with van der Waals surface area (Å²) in [6.07, 6.45) is 6.03. The fraction of sp³-hybridized carbons (Fsp3) is 0.400. The van der Waals surface area contributed by atoms with Crippen molar-refractivity contribution in [2.24, 2.45) is 0 Å². The number of fused-ring (bicyclic) bond motifs is 1. The molecule has 0 aromatic carbocycles. The number of hydrogen-bond donors (Lipinski definition) is 2. The number of aromatic nitrogens is 3. The summed E-state index contributed by atoms with van der Waals surface area (Å²) in [5, 5.41) is 10.7. The van der Waals surface area contributed by atoms with Gasteiger partial charge in [-0.15, -0.1) is 11.3 Å². The molecular formula is C10H11N3OS. The Hall–Kier alpha value is -1.20. The largest absolute Gasteiger partial charge is 0.388 e. The molecule has 0 spiro atoms. The van der Waals surface area contributed by atoms with Gasteiger partial charge in [0.1, 0.15) is 0 Å². The number of H-pyrrole nitrogens is 1. The second kappa shape index (κ2) is 3.43. The van der Waals surface area contributed by atoms with E-state index >= 15 is 0 Å². The normalized spacial score (nSPS) is 20.2. The molecule has 1 aliphatic rings. The number of nitrogens with one attached hydrogen (secondary N) is 1. The lowest BCUT2D eigenvalue weighted by Crippen LogP contribution is -2.06. The van der Waals surface area contributed by atoms with Crippen LogP contribution in [-0.2, 0) is 6.42 Å². The first-order chi connectivity index (χ1) is 7.34. The number of aromatic amines is 1. The van der Waals surface area contributed by atoms with Gasteiger partial charge in [-0.05, 0) is 19.3 Å². The SMILES string of the molecule is OC1CCCc2nc(-c3ncc[nH]3)sc21. The molecule has 1 aliphatic carbocycles. The molecule has 0 bridgehead atoms. The predicted octanol–water partition coefficient (Wildman–Crippen LogP) is 1.90. The van der Waals surface area contributed by atoms with E-state index in [1.165, 1.54) is 0 Å². The van der Waals surface area contributed by atoms with Crippen molar-refractivity contribution in [3.63, 3.8) is 0 Å². The van der Waals surface area contributed by atoms with Gasteiger partial charge in [-0.25, -0.2) is 9.97 Å². The minimum absolute atomic E-state index is 0.324. The number of rotatable bonds is 1. The predicted molar refractivity (Wildman–Crippen MR) is 57.6 cm³/mol. The van der Waals surface area contributed by atoms with Crippen molar-refractivity contribution in [2.45, 2.75) is 25.4 Å². The third kappa shape index (κ3) is 1.48. The molecule has 2 aromatic heterocycles. The Kier molecular flexibility index (Phi) is 2.07. The molecular weight excluding hydrogens is 210 g/mol. The molecule has 78 valence electrons. The Morgan fingerprint density at radius 1 is 1.53 bits per heavy atom. The molecule has 2 N–H and O–H groups in total. The number of aliphatic hydroxyl groups is 1. The van der Waals surface area contributed by atoms with Crippen LogP contribution in [0.2, 0.25) is 0 Å². The van der Waals surface area contributed by atoms with Gasteiger partial charge < -0.3 is 10.1 Å². The first-order valence-electron chi connectivity index (χ1n) is 5.02. The summed E-state index contributed by atoms with van der Waals surface area (Å²) in [6, 6.07) is 0. The standard InChI is InChI=1S/C10H11N3OS/c14-7-3-1-2-6-8(7)15-10(13-6)9-11-4-5-12-9/h4-5,7,14H,1-3H2,(H,11,12). The third-order valence-electron chi connectivity index (χ3n) is 2.62. The zero-order valence-electron chi connectivity index (χ0n) is 8.10. The average molecular weight is 221 g/mol. The maximum Gasteiger partial charge on any atom is 0.166 e. The van der Waals surface area contributed by atoms with Gasteiger partial charge in [0.25, 0.3) is 0 Å². The second-order valence-corrected chi connectivity index (χ2v) is 4.71. The molecule has 4 nitrogen and oxygen atoms in total. The van der Waals surface area contributed by atoms with Crippen LogP contribution in [0.5, 0.6) is 0 Å². The summed E-state index contributed by atoms with van der Waals surface area (Å²) >= 11 is 1.55. The molecule has 0 radical (unpaired) electrons. The fourth-order valence-electron chi connectivity index (χ4n) is 1.88. The quantitative estimate of drug-likeness (QED) is 0.773. The Balaban J connectivity index is 2.06. The van der Waals surface area contributed by atoms with E-state index in [2.05, 4.69) is 15.0 Å². The molecule has 0 aliphatic heterocycles. The smallest absolute Gasteiger partial charge is 0.166 e. The van der Waals surface area contributed by atoms with E-state index in [-0.39, 0.29) is 6.10 Å². The average Bonchev–Trinajstić information content (AvgIpc) is 2.86. The van der Waals surface area contributed by atoms with Gasteiger partial charge in [0.2, 0.25) is 0 Å². The Labute approximate surface area is 91.0 Å². The van der Waals surface area contributed by atoms with Crippen molar-refractivity contribution < 1.29 is 5.11 Å². The summed E-state index contributed by atoms with van der Waals surface area (Å²) in [4.78, 5) is 12.7. The van der Waals surface area contributed by atoms with E-state index in [1.807, 2.05) is 0 Å². The monoisotopic (exact) mass is 221 g/mol. The Morgan fingerprint density at radius 3 is 3.20 bits per heavy atom. The van der Waals surface area contributed by atoms with Gasteiger partial charge in [0, 0.05) is 12.4 Å². The summed E-state index contributed by atoms with van der Waals surface area (Å²) in [7, 11) is 0. The van der Waals surface area contributed by atoms with Crippen LogP contribution in [0, 0.1) is 0 Å². The molecule has 1 unspecified atom stereocenters. The molecule has 5 heteroatoms. The molecule has 0 saturated heterocycles. The molecule has 1 atom stereocenters. The van der Waals surface area contributed by atoms with Crippen LogP contribution in [0.4, 0.5) is 0 Å². The lowest BCUT2D eigenvalue weighted by Gasteiger charge is -2.14. The van der Waals surface area contributed by atoms with E-state index in [1.54, 1.807) is 23.7 Å². The summed E-state index contributed by atoms with van der Waals surface area (Å²) in [6.45, 7) is 0. The van der Waals surface area contributed by atoms with Gasteiger partial charge in [0.15, 0.2) is 10.8 Å². The topological polar surface area (TPSA) is 61.8 Å². The van der Waals surface area contributed by atoms with Crippen molar-refractivity contribution in [3.05, 3.63) is 23.0 Å². The van der Waals surface area contributed by atoms with E-state index in [9.17, 15) is 5.11 Å². The van der Waals surface area contributed by atoms with Crippen LogP contribution in [0.1, 0.15) is 29.5 Å². The zero-order chi connectivity index (χ0) is 10.3. The highest BCUT2D eigenvalue weighted by atomic mass is 32.1. The highest BCUT2D eigenvalue weighted by Gasteiger charge is 2.23. The molecule has 15 heavy (non-hydrogen) atoms. The van der Waals surface area contributed by atoms with Crippen LogP contribution < -0.4 is 0 Å². The maximum absolute atomic E-state index is 9.81. The van der Waals surface area contributed by atoms with Gasteiger partial charge in [-0.2, -0.15) is 0 Å². The Morgan fingerprint density at radius 2 is 2.47 bits per heavy atom. The Bertz CT molecular complexity index is 463. The number of thiazole rings is 1. The summed E-state index contributed by atoms with van der Waals surface area (Å²) < 4.78 is 0. The first kappa shape index (κ1) is 9.06. The van der Waals surface area contributed by atoms with Crippen molar-refractivity contribution >= 4 is 11.3 Å². The second-order valence-electron chi connectivity index (χ2n) is 3.68. The molecule has 2 heterocycles. The highest BCUT2D eigenvalue weighted by Crippen LogP contribution is 2.36. The van der Waals surface area contributed by atoms with Crippen molar-refractivity contribution in [3.8, 4) is 10.8 Å². The zero-order valence-corrected chi connectivity index (χ0v) is 8.92. The minimum Gasteiger partial charge on any atom is -0.388 e. The van der Waals surface area contributed by atoms with Gasteiger partial charge in [0.05, 0.1) is 16.7 Å². The third-order valence-corrected chi connectivity index (χ3v) is 3.83. The molecule has 2 aromatic rings. The van der Waals surface area contributed by atoms with Gasteiger partial charge >= 0.3 is 0 Å². The summed E-state index contributed by atoms with van der Waals surface area (Å²) in [5.41, 5.74) is 1.05. The van der Waals surface area contributed by atoms with Gasteiger partial charge in [-0.1, -0.05) is 0 Å². The maximum atomic E-state index is 9.81. The molecule has 0 amide bonds. The number of aliphatic hydroxyl groups excluding tert-OH is 1. The van der Waals surface area contributed by atoms with E-state index in [4.69, 9.17) is 0 Å². The fourth-order valence-corrected chi connectivity index (χ4v) is 2.97. The van der Waals surface area contributed by atoms with E-state index < -0.39 is 0 Å². The van der Waals surface area contributed by atoms with Crippen LogP contribution in [0.25, 0.3) is 10.8 Å². The molecule has 0 saturated carbocycles. The number of hydrogen-bond acceptors (Lipinski definition) is 4. The lowest BCUT2D eigenvalue weighted by molar-refractivity contribution is 0.160. The van der Waals surface area contributed by atoms with Crippen LogP contribution in [-0.4, -0.2) is 20.1 Å². The van der Waals surface area contributed by atoms with Crippen molar-refractivity contribution in [2.75, 3.05) is 0 Å². The number of aryl methyl sites for hydroxylation is 1. The van der Waals surface area contributed by atoms with Gasteiger partial charge in [-0.3, -0.25) is 0 Å². The van der Waals surface area contributed by atoms with Crippen molar-refractivity contribution in [1.29, 1.82) is 0 Å². The van der Waals surface area contributed by atoms with Crippen molar-refractivity contribution in [1.82, 2.24) is 15.0 Å². The lowest BCUT2D eigenvalue weighted by atomic mass is 10.0. The molecule has 3 rings (SSSR count). The highest BCUT2D eigenvalue weighted by molar-refractivity contribution is 7.15. The first-order valence-corrected chi connectivity index (χ1v) is 5.83. The number of nitrogens with zero attached hydrogens (tertiary/aromatic N) is 2. The molecule has 0 fully saturated rings. The van der Waals surface area contributed by atoms with E-state index in [0.29, 0.717) is 0 Å².